The average molecular weight is 266 g/mol. The molecule has 0 spiro atoms. The van der Waals surface area contributed by atoms with Gasteiger partial charge in [-0.2, -0.15) is 5.10 Å². The Bertz CT molecular complexity index is 373. The van der Waals surface area contributed by atoms with Gasteiger partial charge in [-0.1, -0.05) is 12.8 Å². The van der Waals surface area contributed by atoms with E-state index in [1.54, 1.807) is 7.11 Å². The summed E-state index contributed by atoms with van der Waals surface area (Å²) in [5.41, 5.74) is 3.97. The third kappa shape index (κ3) is 4.03. The zero-order valence-corrected chi connectivity index (χ0v) is 12.0. The highest BCUT2D eigenvalue weighted by atomic mass is 16.5. The van der Waals surface area contributed by atoms with Crippen molar-refractivity contribution in [2.24, 2.45) is 5.84 Å². The zero-order chi connectivity index (χ0) is 13.7. The summed E-state index contributed by atoms with van der Waals surface area (Å²) in [6.07, 6.45) is 9.25. The van der Waals surface area contributed by atoms with E-state index in [1.807, 2.05) is 0 Å². The normalized spacial score (nSPS) is 19.7. The first-order chi connectivity index (χ1) is 9.22. The van der Waals surface area contributed by atoms with E-state index in [9.17, 15) is 0 Å². The molecule has 0 bridgehead atoms. The minimum absolute atomic E-state index is 0.206. The molecular formula is C14H26N4O. The molecule has 2 unspecified atom stereocenters. The van der Waals surface area contributed by atoms with Crippen LogP contribution in [0.1, 0.15) is 50.8 Å². The first-order valence-corrected chi connectivity index (χ1v) is 7.26. The summed E-state index contributed by atoms with van der Waals surface area (Å²) in [5, 5.41) is 4.69. The van der Waals surface area contributed by atoms with Crippen molar-refractivity contribution in [3.8, 4) is 0 Å². The molecule has 3 N–H and O–H groups in total. The van der Waals surface area contributed by atoms with E-state index in [-0.39, 0.29) is 12.1 Å². The van der Waals surface area contributed by atoms with Gasteiger partial charge in [-0.3, -0.25) is 16.0 Å². The van der Waals surface area contributed by atoms with Gasteiger partial charge in [0, 0.05) is 25.8 Å². The molecule has 1 aliphatic carbocycles. The van der Waals surface area contributed by atoms with Crippen LogP contribution in [0.15, 0.2) is 12.3 Å². The number of hydrogen-bond acceptors (Lipinski definition) is 4. The smallest absolute Gasteiger partial charge is 0.0640 e. The molecule has 1 aliphatic rings. The molecule has 0 radical (unpaired) electrons. The molecule has 0 amide bonds. The number of nitrogens with two attached hydrogens (primary N) is 1. The Labute approximate surface area is 115 Å². The van der Waals surface area contributed by atoms with Gasteiger partial charge in [-0.25, -0.2) is 0 Å². The van der Waals surface area contributed by atoms with Crippen molar-refractivity contribution in [3.05, 3.63) is 18.0 Å². The number of nitrogens with zero attached hydrogens (tertiary/aromatic N) is 2. The van der Waals surface area contributed by atoms with Crippen molar-refractivity contribution in [2.75, 3.05) is 7.11 Å². The number of methoxy groups -OCH3 is 1. The van der Waals surface area contributed by atoms with Gasteiger partial charge in [0.15, 0.2) is 0 Å². The molecule has 5 nitrogen and oxygen atoms in total. The summed E-state index contributed by atoms with van der Waals surface area (Å²) >= 11 is 0. The van der Waals surface area contributed by atoms with Crippen LogP contribution in [-0.4, -0.2) is 29.0 Å². The van der Waals surface area contributed by atoms with Crippen LogP contribution in [0.25, 0.3) is 0 Å². The number of hydrazine groups is 1. The molecule has 5 heteroatoms. The van der Waals surface area contributed by atoms with E-state index >= 15 is 0 Å². The van der Waals surface area contributed by atoms with Crippen LogP contribution in [0, 0.1) is 0 Å². The molecule has 2 atom stereocenters. The highest BCUT2D eigenvalue weighted by Gasteiger charge is 2.19. The Morgan fingerprint density at radius 1 is 1.53 bits per heavy atom. The molecule has 0 aliphatic heterocycles. The number of nitrogens with one attached hydrogen (secondary N) is 1. The summed E-state index contributed by atoms with van der Waals surface area (Å²) in [5.74, 6) is 5.61. The van der Waals surface area contributed by atoms with Gasteiger partial charge < -0.3 is 4.74 Å². The van der Waals surface area contributed by atoms with E-state index < -0.39 is 0 Å². The Morgan fingerprint density at radius 3 is 2.89 bits per heavy atom. The van der Waals surface area contributed by atoms with Crippen molar-refractivity contribution in [1.29, 1.82) is 0 Å². The minimum atomic E-state index is 0.206. The SMILES string of the molecule is COC(C)CC(Cc1ccn(C2CCCC2)n1)NN. The second-order valence-electron chi connectivity index (χ2n) is 5.58. The van der Waals surface area contributed by atoms with Crippen molar-refractivity contribution >= 4 is 0 Å². The summed E-state index contributed by atoms with van der Waals surface area (Å²) < 4.78 is 7.42. The highest BCUT2D eigenvalue weighted by Crippen LogP contribution is 2.28. The maximum absolute atomic E-state index is 5.61. The predicted molar refractivity (Wildman–Crippen MR) is 75.6 cm³/mol. The average Bonchev–Trinajstić information content (AvgIpc) is 3.08. The van der Waals surface area contributed by atoms with Crippen molar-refractivity contribution in [1.82, 2.24) is 15.2 Å². The Hall–Kier alpha value is -0.910. The van der Waals surface area contributed by atoms with Crippen LogP contribution in [0.5, 0.6) is 0 Å². The highest BCUT2D eigenvalue weighted by molar-refractivity contribution is 5.02. The number of ether oxygens (including phenoxy) is 1. The molecule has 0 saturated heterocycles. The Balaban J connectivity index is 1.90. The maximum Gasteiger partial charge on any atom is 0.0640 e. The largest absolute Gasteiger partial charge is 0.382 e. The van der Waals surface area contributed by atoms with Crippen LogP contribution in [0.2, 0.25) is 0 Å². The molecule has 1 saturated carbocycles. The maximum atomic E-state index is 5.61. The predicted octanol–water partition coefficient (Wildman–Crippen LogP) is 1.80. The number of hydrogen-bond donors (Lipinski definition) is 2. The van der Waals surface area contributed by atoms with Gasteiger partial charge in [0.05, 0.1) is 17.8 Å². The van der Waals surface area contributed by atoms with E-state index in [0.29, 0.717) is 6.04 Å². The van der Waals surface area contributed by atoms with Crippen LogP contribution in [-0.2, 0) is 11.2 Å². The van der Waals surface area contributed by atoms with Gasteiger partial charge in [0.1, 0.15) is 0 Å². The van der Waals surface area contributed by atoms with Crippen LogP contribution in [0.3, 0.4) is 0 Å². The second-order valence-corrected chi connectivity index (χ2v) is 5.58. The molecule has 19 heavy (non-hydrogen) atoms. The lowest BCUT2D eigenvalue weighted by Crippen LogP contribution is -2.39. The summed E-state index contributed by atoms with van der Waals surface area (Å²) in [6.45, 7) is 2.06. The lowest BCUT2D eigenvalue weighted by atomic mass is 10.1. The summed E-state index contributed by atoms with van der Waals surface area (Å²) in [6, 6.07) is 2.93. The molecule has 1 heterocycles. The molecule has 1 fully saturated rings. The first-order valence-electron chi connectivity index (χ1n) is 7.26. The third-order valence-corrected chi connectivity index (χ3v) is 4.07. The van der Waals surface area contributed by atoms with E-state index in [1.165, 1.54) is 25.7 Å². The van der Waals surface area contributed by atoms with Gasteiger partial charge in [0.2, 0.25) is 0 Å². The zero-order valence-electron chi connectivity index (χ0n) is 12.0. The fourth-order valence-corrected chi connectivity index (χ4v) is 2.82. The number of rotatable bonds is 7. The van der Waals surface area contributed by atoms with Gasteiger partial charge >= 0.3 is 0 Å². The van der Waals surface area contributed by atoms with Crippen LogP contribution < -0.4 is 11.3 Å². The van der Waals surface area contributed by atoms with Crippen LogP contribution in [0.4, 0.5) is 0 Å². The topological polar surface area (TPSA) is 65.1 Å². The number of aromatic nitrogens is 2. The van der Waals surface area contributed by atoms with Crippen molar-refractivity contribution < 1.29 is 4.74 Å². The first kappa shape index (κ1) is 14.5. The van der Waals surface area contributed by atoms with E-state index in [0.717, 1.165) is 18.5 Å². The standard InChI is InChI=1S/C14H26N4O/c1-11(19-2)9-13(16-15)10-12-7-8-18(17-12)14-5-3-4-6-14/h7-8,11,13-14,16H,3-6,9-10,15H2,1-2H3. The monoisotopic (exact) mass is 266 g/mol. The van der Waals surface area contributed by atoms with Crippen molar-refractivity contribution in [2.45, 2.75) is 63.6 Å². The molecular weight excluding hydrogens is 240 g/mol. The molecule has 1 aromatic heterocycles. The Kier molecular flexibility index (Phi) is 5.36. The summed E-state index contributed by atoms with van der Waals surface area (Å²) in [7, 11) is 1.73. The van der Waals surface area contributed by atoms with E-state index in [2.05, 4.69) is 29.3 Å². The minimum Gasteiger partial charge on any atom is -0.382 e. The van der Waals surface area contributed by atoms with Gasteiger partial charge in [-0.15, -0.1) is 0 Å². The second kappa shape index (κ2) is 7.03. The van der Waals surface area contributed by atoms with Gasteiger partial charge in [0.25, 0.3) is 0 Å². The fourth-order valence-electron chi connectivity index (χ4n) is 2.82. The molecule has 0 aromatic carbocycles. The van der Waals surface area contributed by atoms with Gasteiger partial charge in [-0.05, 0) is 32.3 Å². The molecule has 108 valence electrons. The molecule has 1 aromatic rings. The quantitative estimate of drug-likeness (QED) is 0.583. The van der Waals surface area contributed by atoms with E-state index in [4.69, 9.17) is 15.7 Å². The lowest BCUT2D eigenvalue weighted by molar-refractivity contribution is 0.100. The lowest BCUT2D eigenvalue weighted by Gasteiger charge is -2.18. The summed E-state index contributed by atoms with van der Waals surface area (Å²) in [4.78, 5) is 0. The van der Waals surface area contributed by atoms with Crippen LogP contribution >= 0.6 is 0 Å². The van der Waals surface area contributed by atoms with Crippen molar-refractivity contribution in [3.63, 3.8) is 0 Å². The fraction of sp³-hybridized carbons (Fsp3) is 0.786. The Morgan fingerprint density at radius 2 is 2.26 bits per heavy atom. The third-order valence-electron chi connectivity index (χ3n) is 4.07. The molecule has 2 rings (SSSR count).